The zero-order valence-electron chi connectivity index (χ0n) is 15.1. The van der Waals surface area contributed by atoms with Crippen LogP contribution in [0.1, 0.15) is 12.8 Å². The number of rotatable bonds is 5. The van der Waals surface area contributed by atoms with Gasteiger partial charge in [0.05, 0.1) is 35.4 Å². The number of benzene rings is 1. The lowest BCUT2D eigenvalue weighted by molar-refractivity contribution is -0.128. The van der Waals surface area contributed by atoms with Crippen molar-refractivity contribution >= 4 is 16.8 Å². The highest BCUT2D eigenvalue weighted by atomic mass is 16.5. The van der Waals surface area contributed by atoms with Crippen LogP contribution in [0.2, 0.25) is 0 Å². The zero-order valence-corrected chi connectivity index (χ0v) is 15.1. The second kappa shape index (κ2) is 6.81. The van der Waals surface area contributed by atoms with Crippen molar-refractivity contribution in [2.75, 3.05) is 20.7 Å². The van der Waals surface area contributed by atoms with Crippen LogP contribution in [0.15, 0.2) is 35.4 Å². The van der Waals surface area contributed by atoms with E-state index in [-0.39, 0.29) is 36.1 Å². The quantitative estimate of drug-likeness (QED) is 0.850. The number of ether oxygens (including phenoxy) is 1. The molecule has 1 N–H and O–H groups in total. The zero-order chi connectivity index (χ0) is 18.3. The van der Waals surface area contributed by atoms with Gasteiger partial charge in [0.15, 0.2) is 0 Å². The van der Waals surface area contributed by atoms with Crippen molar-refractivity contribution in [2.24, 2.45) is 5.92 Å². The Hall–Kier alpha value is -2.25. The number of likely N-dealkylation sites (N-methyl/N-ethyl adjacent to an activating group) is 1. The number of nitrogens with one attached hydrogen (secondary N) is 1. The Labute approximate surface area is 152 Å². The van der Waals surface area contributed by atoms with Gasteiger partial charge in [-0.3, -0.25) is 14.2 Å². The number of aryl methyl sites for hydroxylation is 1. The van der Waals surface area contributed by atoms with E-state index in [4.69, 9.17) is 4.74 Å². The van der Waals surface area contributed by atoms with Crippen molar-refractivity contribution in [1.82, 2.24) is 19.8 Å². The van der Waals surface area contributed by atoms with Gasteiger partial charge >= 0.3 is 0 Å². The number of nitrogens with zero attached hydrogens (tertiary/aromatic N) is 3. The fourth-order valence-corrected chi connectivity index (χ4v) is 4.23. The molecule has 1 amide bonds. The molecule has 1 aliphatic heterocycles. The number of hydrogen-bond donors (Lipinski definition) is 1. The number of para-hydroxylation sites is 1. The maximum Gasteiger partial charge on any atom is 0.261 e. The second-order valence-corrected chi connectivity index (χ2v) is 7.35. The van der Waals surface area contributed by atoms with E-state index in [1.165, 1.54) is 10.9 Å². The molecule has 1 aromatic heterocycles. The predicted octanol–water partition coefficient (Wildman–Crippen LogP) is 0.620. The number of hydrogen-bond acceptors (Lipinski definition) is 5. The molecule has 26 heavy (non-hydrogen) atoms. The summed E-state index contributed by atoms with van der Waals surface area (Å²) in [5.74, 6) is 0.365. The highest BCUT2D eigenvalue weighted by Gasteiger charge is 2.55. The fourth-order valence-electron chi connectivity index (χ4n) is 4.23. The van der Waals surface area contributed by atoms with Gasteiger partial charge in [-0.25, -0.2) is 4.98 Å². The van der Waals surface area contributed by atoms with E-state index in [0.29, 0.717) is 23.4 Å². The molecule has 7 heteroatoms. The van der Waals surface area contributed by atoms with E-state index in [0.717, 1.165) is 13.0 Å². The highest BCUT2D eigenvalue weighted by Crippen LogP contribution is 2.41. The number of fused-ring (bicyclic) bond motifs is 2. The van der Waals surface area contributed by atoms with E-state index in [9.17, 15) is 9.59 Å². The van der Waals surface area contributed by atoms with Crippen LogP contribution in [0.3, 0.4) is 0 Å². The van der Waals surface area contributed by atoms with Gasteiger partial charge in [0.25, 0.3) is 5.56 Å². The van der Waals surface area contributed by atoms with Gasteiger partial charge in [0.2, 0.25) is 5.91 Å². The number of carbonyl (C=O) groups is 1. The summed E-state index contributed by atoms with van der Waals surface area (Å²) in [6, 6.07) is 7.59. The minimum Gasteiger partial charge on any atom is -0.376 e. The third kappa shape index (κ3) is 2.91. The molecule has 1 saturated carbocycles. The first-order valence-electron chi connectivity index (χ1n) is 9.08. The molecular formula is C19H24N4O3. The van der Waals surface area contributed by atoms with Gasteiger partial charge < -0.3 is 15.0 Å². The summed E-state index contributed by atoms with van der Waals surface area (Å²) in [5.41, 5.74) is 0.566. The van der Waals surface area contributed by atoms with Crippen molar-refractivity contribution in [3.05, 3.63) is 40.9 Å². The first-order chi connectivity index (χ1) is 12.6. The molecule has 4 rings (SSSR count). The first kappa shape index (κ1) is 17.2. The lowest BCUT2D eigenvalue weighted by atomic mass is 9.71. The molecule has 1 aliphatic carbocycles. The summed E-state index contributed by atoms with van der Waals surface area (Å²) in [7, 11) is 4.03. The van der Waals surface area contributed by atoms with Gasteiger partial charge in [-0.2, -0.15) is 0 Å². The molecule has 4 atom stereocenters. The maximum atomic E-state index is 12.5. The fraction of sp³-hybridized carbons (Fsp3) is 0.526. The number of carbonyl (C=O) groups excluding carboxylic acids is 1. The van der Waals surface area contributed by atoms with Crippen molar-refractivity contribution in [2.45, 2.75) is 37.6 Å². The highest BCUT2D eigenvalue weighted by molar-refractivity contribution is 5.77. The van der Waals surface area contributed by atoms with Crippen molar-refractivity contribution in [1.29, 1.82) is 0 Å². The Morgan fingerprint density at radius 3 is 3.00 bits per heavy atom. The third-order valence-electron chi connectivity index (χ3n) is 5.58. The number of aromatic nitrogens is 2. The van der Waals surface area contributed by atoms with Gasteiger partial charge in [-0.05, 0) is 32.6 Å². The van der Waals surface area contributed by atoms with Crippen LogP contribution in [0.4, 0.5) is 0 Å². The summed E-state index contributed by atoms with van der Waals surface area (Å²) in [6.45, 7) is 1.09. The first-order valence-corrected chi connectivity index (χ1v) is 9.08. The summed E-state index contributed by atoms with van der Waals surface area (Å²) >= 11 is 0. The van der Waals surface area contributed by atoms with Gasteiger partial charge in [0, 0.05) is 25.5 Å². The molecule has 0 unspecified atom stereocenters. The van der Waals surface area contributed by atoms with Crippen LogP contribution >= 0.6 is 0 Å². The van der Waals surface area contributed by atoms with Gasteiger partial charge in [-0.15, -0.1) is 0 Å². The van der Waals surface area contributed by atoms with E-state index in [1.54, 1.807) is 6.07 Å². The summed E-state index contributed by atoms with van der Waals surface area (Å²) in [4.78, 5) is 31.3. The molecule has 1 aromatic carbocycles. The van der Waals surface area contributed by atoms with Gasteiger partial charge in [0.1, 0.15) is 0 Å². The minimum absolute atomic E-state index is 0.0349. The molecule has 2 heterocycles. The van der Waals surface area contributed by atoms with Crippen molar-refractivity contribution in [3.8, 4) is 0 Å². The Morgan fingerprint density at radius 1 is 1.38 bits per heavy atom. The Morgan fingerprint density at radius 2 is 2.19 bits per heavy atom. The van der Waals surface area contributed by atoms with Crippen LogP contribution in [-0.2, 0) is 16.1 Å². The Balaban J connectivity index is 1.40. The van der Waals surface area contributed by atoms with Gasteiger partial charge in [-0.1, -0.05) is 12.1 Å². The average molecular weight is 356 g/mol. The van der Waals surface area contributed by atoms with Crippen LogP contribution in [0.25, 0.3) is 10.9 Å². The lowest BCUT2D eigenvalue weighted by Crippen LogP contribution is -2.69. The van der Waals surface area contributed by atoms with Crippen LogP contribution in [0.5, 0.6) is 0 Å². The minimum atomic E-state index is -0.109. The standard InChI is InChI=1S/C19H24N4O3/c1-22(2)17-16(13-8-10-26-18(13)17)21-15(24)7-9-23-11-20-14-6-4-3-5-12(14)19(23)25/h3-6,11,13,16-18H,7-10H2,1-2H3,(H,21,24)/t13-,16+,17-,18-/m1/s1. The molecule has 138 valence electrons. The normalized spacial score (nSPS) is 27.3. The molecular weight excluding hydrogens is 332 g/mol. The molecule has 0 bridgehead atoms. The summed E-state index contributed by atoms with van der Waals surface area (Å²) < 4.78 is 7.28. The van der Waals surface area contributed by atoms with Crippen molar-refractivity contribution < 1.29 is 9.53 Å². The maximum absolute atomic E-state index is 12.5. The van der Waals surface area contributed by atoms with Crippen LogP contribution < -0.4 is 10.9 Å². The summed E-state index contributed by atoms with van der Waals surface area (Å²) in [5, 5.41) is 3.73. The van der Waals surface area contributed by atoms with E-state index >= 15 is 0 Å². The molecule has 2 fully saturated rings. The largest absolute Gasteiger partial charge is 0.376 e. The van der Waals surface area contributed by atoms with E-state index < -0.39 is 0 Å². The lowest BCUT2D eigenvalue weighted by Gasteiger charge is -2.50. The predicted molar refractivity (Wildman–Crippen MR) is 97.9 cm³/mol. The Kier molecular flexibility index (Phi) is 4.50. The number of amides is 1. The molecule has 0 spiro atoms. The molecule has 1 saturated heterocycles. The smallest absolute Gasteiger partial charge is 0.261 e. The van der Waals surface area contributed by atoms with E-state index in [1.807, 2.05) is 32.3 Å². The third-order valence-corrected chi connectivity index (χ3v) is 5.58. The Bertz CT molecular complexity index is 878. The molecule has 0 radical (unpaired) electrons. The average Bonchev–Trinajstić information content (AvgIpc) is 3.02. The summed E-state index contributed by atoms with van der Waals surface area (Å²) in [6.07, 6.45) is 3.00. The monoisotopic (exact) mass is 356 g/mol. The van der Waals surface area contributed by atoms with Crippen molar-refractivity contribution in [3.63, 3.8) is 0 Å². The second-order valence-electron chi connectivity index (χ2n) is 7.35. The SMILES string of the molecule is CN(C)[C@@H]1[C@@H](NC(=O)CCn2cnc3ccccc3c2=O)[C@H]2CCO[C@H]21. The topological polar surface area (TPSA) is 76.5 Å². The molecule has 7 nitrogen and oxygen atoms in total. The van der Waals surface area contributed by atoms with Crippen LogP contribution in [-0.4, -0.2) is 59.2 Å². The molecule has 2 aromatic rings. The van der Waals surface area contributed by atoms with Crippen LogP contribution in [0, 0.1) is 5.92 Å². The molecule has 2 aliphatic rings. The van der Waals surface area contributed by atoms with E-state index in [2.05, 4.69) is 15.2 Å².